The topological polar surface area (TPSA) is 96.3 Å². The van der Waals surface area contributed by atoms with Crippen molar-refractivity contribution in [3.05, 3.63) is 0 Å². The summed E-state index contributed by atoms with van der Waals surface area (Å²) in [7, 11) is -2.29. The van der Waals surface area contributed by atoms with E-state index in [4.69, 9.17) is 5.26 Å². The summed E-state index contributed by atoms with van der Waals surface area (Å²) in [6.45, 7) is 2.93. The average molecular weight is 248 g/mol. The molecule has 0 rings (SSSR count). The Morgan fingerprint density at radius 3 is 2.50 bits per heavy atom. The summed E-state index contributed by atoms with van der Waals surface area (Å²) in [5.41, 5.74) is -1.13. The number of sulfonamides is 1. The lowest BCUT2D eigenvalue weighted by atomic mass is 10.1. The van der Waals surface area contributed by atoms with Crippen molar-refractivity contribution in [2.24, 2.45) is 0 Å². The van der Waals surface area contributed by atoms with Crippen LogP contribution in [0.15, 0.2) is 0 Å². The predicted octanol–water partition coefficient (Wildman–Crippen LogP) is 0.161. The summed E-state index contributed by atoms with van der Waals surface area (Å²) >= 11 is 0. The Labute approximate surface area is 95.6 Å². The molecule has 0 aromatic heterocycles. The molecule has 1 N–H and O–H groups in total. The molecule has 6 nitrogen and oxygen atoms in total. The fourth-order valence-electron chi connectivity index (χ4n) is 0.971. The van der Waals surface area contributed by atoms with E-state index in [1.807, 2.05) is 6.07 Å². The first-order valence-corrected chi connectivity index (χ1v) is 6.37. The van der Waals surface area contributed by atoms with Gasteiger partial charge in [0.05, 0.1) is 18.9 Å². The fraction of sp³-hybridized carbons (Fsp3) is 0.778. The number of ether oxygens (including phenoxy) is 1. The van der Waals surface area contributed by atoms with E-state index < -0.39 is 21.5 Å². The van der Waals surface area contributed by atoms with Crippen LogP contribution in [0.3, 0.4) is 0 Å². The standard InChI is InChI=1S/C9H16N2O4S/c1-9(2,7-10)11-16(13,14)6-4-5-8(12)15-3/h11H,4-6H2,1-3H3. The van der Waals surface area contributed by atoms with Crippen LogP contribution in [-0.2, 0) is 19.6 Å². The lowest BCUT2D eigenvalue weighted by molar-refractivity contribution is -0.140. The number of carbonyl (C=O) groups is 1. The van der Waals surface area contributed by atoms with E-state index >= 15 is 0 Å². The second-order valence-electron chi connectivity index (χ2n) is 3.84. The zero-order valence-electron chi connectivity index (χ0n) is 9.61. The second kappa shape index (κ2) is 5.82. The maximum Gasteiger partial charge on any atom is 0.305 e. The smallest absolute Gasteiger partial charge is 0.305 e. The molecule has 0 heterocycles. The number of nitriles is 1. The molecule has 0 aliphatic carbocycles. The second-order valence-corrected chi connectivity index (χ2v) is 5.68. The van der Waals surface area contributed by atoms with Gasteiger partial charge in [-0.25, -0.2) is 8.42 Å². The normalized spacial score (nSPS) is 11.9. The van der Waals surface area contributed by atoms with Gasteiger partial charge in [0.15, 0.2) is 0 Å². The van der Waals surface area contributed by atoms with Gasteiger partial charge in [0.2, 0.25) is 10.0 Å². The zero-order chi connectivity index (χ0) is 12.8. The molecular formula is C9H16N2O4S. The molecule has 0 unspecified atom stereocenters. The molecule has 16 heavy (non-hydrogen) atoms. The highest BCUT2D eigenvalue weighted by Crippen LogP contribution is 2.04. The third kappa shape index (κ3) is 6.37. The van der Waals surface area contributed by atoms with Crippen LogP contribution in [0.25, 0.3) is 0 Å². The molecule has 0 aromatic carbocycles. The Bertz CT molecular complexity index is 381. The fourth-order valence-corrected chi connectivity index (χ4v) is 2.42. The van der Waals surface area contributed by atoms with Gasteiger partial charge in [-0.1, -0.05) is 0 Å². The van der Waals surface area contributed by atoms with E-state index in [-0.39, 0.29) is 18.6 Å². The van der Waals surface area contributed by atoms with Crippen LogP contribution in [0.2, 0.25) is 0 Å². The minimum absolute atomic E-state index is 0.0460. The van der Waals surface area contributed by atoms with Crippen molar-refractivity contribution in [2.75, 3.05) is 12.9 Å². The third-order valence-electron chi connectivity index (χ3n) is 1.71. The van der Waals surface area contributed by atoms with E-state index in [0.717, 1.165) is 0 Å². The number of methoxy groups -OCH3 is 1. The summed E-state index contributed by atoms with van der Waals surface area (Å²) < 4.78 is 29.5. The highest BCUT2D eigenvalue weighted by Gasteiger charge is 2.24. The molecule has 0 amide bonds. The van der Waals surface area contributed by atoms with Gasteiger partial charge in [0.1, 0.15) is 5.54 Å². The van der Waals surface area contributed by atoms with Crippen LogP contribution >= 0.6 is 0 Å². The van der Waals surface area contributed by atoms with Gasteiger partial charge < -0.3 is 4.74 Å². The summed E-state index contributed by atoms with van der Waals surface area (Å²) in [5.74, 6) is -0.650. The lowest BCUT2D eigenvalue weighted by Crippen LogP contribution is -2.43. The van der Waals surface area contributed by atoms with E-state index in [1.54, 1.807) is 0 Å². The average Bonchev–Trinajstić information content (AvgIpc) is 2.15. The van der Waals surface area contributed by atoms with Crippen LogP contribution < -0.4 is 4.72 Å². The first-order valence-electron chi connectivity index (χ1n) is 4.72. The number of hydrogen-bond acceptors (Lipinski definition) is 5. The number of esters is 1. The molecule has 7 heteroatoms. The maximum absolute atomic E-state index is 11.5. The van der Waals surface area contributed by atoms with Gasteiger partial charge in [-0.2, -0.15) is 9.98 Å². The monoisotopic (exact) mass is 248 g/mol. The molecule has 0 radical (unpaired) electrons. The van der Waals surface area contributed by atoms with Crippen molar-refractivity contribution in [2.45, 2.75) is 32.2 Å². The molecule has 92 valence electrons. The summed E-state index contributed by atoms with van der Waals surface area (Å²) in [6, 6.07) is 1.83. The highest BCUT2D eigenvalue weighted by molar-refractivity contribution is 7.89. The number of rotatable bonds is 6. The van der Waals surface area contributed by atoms with Gasteiger partial charge in [-0.15, -0.1) is 0 Å². The Morgan fingerprint density at radius 1 is 1.50 bits per heavy atom. The van der Waals surface area contributed by atoms with Gasteiger partial charge in [0, 0.05) is 6.42 Å². The summed E-state index contributed by atoms with van der Waals surface area (Å²) in [6.07, 6.45) is 0.216. The van der Waals surface area contributed by atoms with E-state index in [1.165, 1.54) is 21.0 Å². The zero-order valence-corrected chi connectivity index (χ0v) is 10.4. The van der Waals surface area contributed by atoms with Crippen molar-refractivity contribution < 1.29 is 17.9 Å². The van der Waals surface area contributed by atoms with Crippen molar-refractivity contribution in [3.63, 3.8) is 0 Å². The number of nitrogens with one attached hydrogen (secondary N) is 1. The highest BCUT2D eigenvalue weighted by atomic mass is 32.2. The summed E-state index contributed by atoms with van der Waals surface area (Å²) in [4.78, 5) is 10.7. The van der Waals surface area contributed by atoms with Crippen LogP contribution in [0, 0.1) is 11.3 Å². The largest absolute Gasteiger partial charge is 0.469 e. The minimum atomic E-state index is -3.54. The molecular weight excluding hydrogens is 232 g/mol. The lowest BCUT2D eigenvalue weighted by Gasteiger charge is -2.17. The molecule has 0 saturated heterocycles. The quantitative estimate of drug-likeness (QED) is 0.675. The van der Waals surface area contributed by atoms with Crippen molar-refractivity contribution in [1.29, 1.82) is 5.26 Å². The summed E-state index contributed by atoms with van der Waals surface area (Å²) in [5, 5.41) is 8.66. The minimum Gasteiger partial charge on any atom is -0.469 e. The Hall–Kier alpha value is -1.13. The van der Waals surface area contributed by atoms with E-state index in [9.17, 15) is 13.2 Å². The van der Waals surface area contributed by atoms with E-state index in [2.05, 4.69) is 9.46 Å². The Balaban J connectivity index is 4.19. The van der Waals surface area contributed by atoms with E-state index in [0.29, 0.717) is 0 Å². The van der Waals surface area contributed by atoms with Gasteiger partial charge in [0.25, 0.3) is 0 Å². The number of hydrogen-bond donors (Lipinski definition) is 1. The maximum atomic E-state index is 11.5. The van der Waals surface area contributed by atoms with Crippen LogP contribution in [0.4, 0.5) is 0 Å². The molecule has 0 aromatic rings. The van der Waals surface area contributed by atoms with Gasteiger partial charge in [-0.05, 0) is 20.3 Å². The van der Waals surface area contributed by atoms with Gasteiger partial charge in [-0.3, -0.25) is 4.79 Å². The van der Waals surface area contributed by atoms with Crippen molar-refractivity contribution >= 4 is 16.0 Å². The molecule has 0 spiro atoms. The molecule has 0 aliphatic heterocycles. The predicted molar refractivity (Wildman–Crippen MR) is 57.9 cm³/mol. The van der Waals surface area contributed by atoms with Gasteiger partial charge >= 0.3 is 5.97 Å². The molecule has 0 atom stereocenters. The van der Waals surface area contributed by atoms with Crippen molar-refractivity contribution in [1.82, 2.24) is 4.72 Å². The van der Waals surface area contributed by atoms with Crippen LogP contribution in [-0.4, -0.2) is 32.8 Å². The molecule has 0 aliphatic rings. The van der Waals surface area contributed by atoms with Crippen molar-refractivity contribution in [3.8, 4) is 6.07 Å². The first-order chi connectivity index (χ1) is 7.22. The van der Waals surface area contributed by atoms with Crippen LogP contribution in [0.5, 0.6) is 0 Å². The molecule has 0 bridgehead atoms. The van der Waals surface area contributed by atoms with Crippen LogP contribution in [0.1, 0.15) is 26.7 Å². The molecule has 0 saturated carbocycles. The number of nitrogens with zero attached hydrogens (tertiary/aromatic N) is 1. The SMILES string of the molecule is COC(=O)CCCS(=O)(=O)NC(C)(C)C#N. The Morgan fingerprint density at radius 2 is 2.06 bits per heavy atom. The third-order valence-corrected chi connectivity index (χ3v) is 3.36. The number of carbonyl (C=O) groups excluding carboxylic acids is 1. The Kier molecular flexibility index (Phi) is 5.41. The molecule has 0 fully saturated rings. The first kappa shape index (κ1) is 14.9.